The molecular formula is C31H35F2N3O3. The standard InChI is InChI=1S/C31H35F2N3O3/c1-21(2)24-3-4-25(31(39)28(19-24)34-14-13-29(37)38)20-35-15-17-36(18-16-35)30(22-5-9-26(32)10-6-22)23-7-11-27(33)12-8-23/h3-12,19,21,30H,13-18,20H2,1-2H3,(H,34,39)(H,37,38). The van der Waals surface area contributed by atoms with Gasteiger partial charge in [-0.05, 0) is 52.9 Å². The minimum Gasteiger partial charge on any atom is -0.481 e. The summed E-state index contributed by atoms with van der Waals surface area (Å²) in [5.41, 5.74) is 3.83. The Bertz CT molecular complexity index is 1280. The van der Waals surface area contributed by atoms with Gasteiger partial charge in [-0.15, -0.1) is 0 Å². The minimum atomic E-state index is -0.919. The lowest BCUT2D eigenvalue weighted by molar-refractivity contribution is -0.136. The van der Waals surface area contributed by atoms with E-state index in [1.54, 1.807) is 24.3 Å². The van der Waals surface area contributed by atoms with Crippen LogP contribution in [0, 0.1) is 11.6 Å². The van der Waals surface area contributed by atoms with E-state index in [1.807, 2.05) is 18.2 Å². The van der Waals surface area contributed by atoms with Gasteiger partial charge >= 0.3 is 5.97 Å². The number of carbonyl (C=O) groups is 1. The molecule has 0 bridgehead atoms. The second-order valence-electron chi connectivity index (χ2n) is 10.3. The summed E-state index contributed by atoms with van der Waals surface area (Å²) < 4.78 is 27.3. The van der Waals surface area contributed by atoms with Crippen molar-refractivity contribution in [3.8, 4) is 0 Å². The lowest BCUT2D eigenvalue weighted by Gasteiger charge is -2.39. The molecule has 6 nitrogen and oxygen atoms in total. The Hall–Kier alpha value is -3.62. The third-order valence-electron chi connectivity index (χ3n) is 7.18. The topological polar surface area (TPSA) is 72.9 Å². The van der Waals surface area contributed by atoms with E-state index in [1.165, 1.54) is 24.3 Å². The predicted octanol–water partition coefficient (Wildman–Crippen LogP) is 5.24. The van der Waals surface area contributed by atoms with E-state index in [9.17, 15) is 18.4 Å². The second kappa shape index (κ2) is 13.0. The van der Waals surface area contributed by atoms with Gasteiger partial charge in [0.05, 0.1) is 18.2 Å². The number of halogens is 2. The van der Waals surface area contributed by atoms with Gasteiger partial charge in [0.25, 0.3) is 0 Å². The molecule has 0 saturated carbocycles. The number of anilines is 1. The van der Waals surface area contributed by atoms with Crippen molar-refractivity contribution in [1.29, 1.82) is 0 Å². The third kappa shape index (κ3) is 7.49. The Morgan fingerprint density at radius 1 is 0.872 bits per heavy atom. The molecule has 1 fully saturated rings. The highest BCUT2D eigenvalue weighted by molar-refractivity contribution is 5.67. The van der Waals surface area contributed by atoms with Crippen molar-refractivity contribution in [2.45, 2.75) is 38.8 Å². The van der Waals surface area contributed by atoms with Gasteiger partial charge in [-0.3, -0.25) is 19.4 Å². The van der Waals surface area contributed by atoms with Crippen LogP contribution in [-0.2, 0) is 11.3 Å². The fourth-order valence-electron chi connectivity index (χ4n) is 4.97. The number of nitrogens with one attached hydrogen (secondary N) is 1. The lowest BCUT2D eigenvalue weighted by Crippen LogP contribution is -2.47. The first-order valence-corrected chi connectivity index (χ1v) is 13.3. The largest absolute Gasteiger partial charge is 0.481 e. The first kappa shape index (κ1) is 28.4. The molecule has 4 rings (SSSR count). The fourth-order valence-corrected chi connectivity index (χ4v) is 4.97. The quantitative estimate of drug-likeness (QED) is 0.370. The first-order chi connectivity index (χ1) is 18.7. The summed E-state index contributed by atoms with van der Waals surface area (Å²) in [6, 6.07) is 18.4. The van der Waals surface area contributed by atoms with Crippen LogP contribution in [0.15, 0.2) is 71.5 Å². The molecular weight excluding hydrogens is 500 g/mol. The fraction of sp³-hybridized carbons (Fsp3) is 0.355. The third-order valence-corrected chi connectivity index (χ3v) is 7.18. The van der Waals surface area contributed by atoms with E-state index in [2.05, 4.69) is 29.0 Å². The van der Waals surface area contributed by atoms with Gasteiger partial charge < -0.3 is 10.4 Å². The van der Waals surface area contributed by atoms with E-state index >= 15 is 0 Å². The summed E-state index contributed by atoms with van der Waals surface area (Å²) in [6.07, 6.45) is -0.0738. The van der Waals surface area contributed by atoms with Crippen LogP contribution in [0.25, 0.3) is 0 Å². The summed E-state index contributed by atoms with van der Waals surface area (Å²) in [6.45, 7) is 7.63. The van der Waals surface area contributed by atoms with Gasteiger partial charge in [-0.1, -0.05) is 50.2 Å². The van der Waals surface area contributed by atoms with Gasteiger partial charge in [0, 0.05) is 44.8 Å². The number of carboxylic acid groups (broad SMARTS) is 1. The molecule has 0 atom stereocenters. The average molecular weight is 536 g/mol. The van der Waals surface area contributed by atoms with Crippen molar-refractivity contribution in [2.75, 3.05) is 38.0 Å². The van der Waals surface area contributed by atoms with Crippen molar-refractivity contribution < 1.29 is 18.7 Å². The Labute approximate surface area is 227 Å². The molecule has 0 unspecified atom stereocenters. The number of rotatable bonds is 10. The normalized spacial score (nSPS) is 14.6. The number of aliphatic carboxylic acids is 1. The van der Waals surface area contributed by atoms with Crippen LogP contribution in [0.1, 0.15) is 54.5 Å². The SMILES string of the molecule is CC(C)c1ccc(CN2CCN(C(c3ccc(F)cc3)c3ccc(F)cc3)CC2)c(=O)c(NCCC(=O)O)c1. The van der Waals surface area contributed by atoms with Crippen LogP contribution in [0.5, 0.6) is 0 Å². The van der Waals surface area contributed by atoms with Crippen LogP contribution in [0.3, 0.4) is 0 Å². The second-order valence-corrected chi connectivity index (χ2v) is 10.3. The van der Waals surface area contributed by atoms with Crippen LogP contribution in [-0.4, -0.2) is 53.6 Å². The molecule has 1 heterocycles. The van der Waals surface area contributed by atoms with E-state index in [0.29, 0.717) is 30.9 Å². The molecule has 1 aliphatic heterocycles. The molecule has 0 aliphatic carbocycles. The zero-order valence-corrected chi connectivity index (χ0v) is 22.4. The number of hydrogen-bond acceptors (Lipinski definition) is 5. The Balaban J connectivity index is 1.51. The lowest BCUT2D eigenvalue weighted by atomic mass is 9.96. The van der Waals surface area contributed by atoms with Gasteiger partial charge in [-0.25, -0.2) is 8.78 Å². The Morgan fingerprint density at radius 3 is 1.92 bits per heavy atom. The molecule has 206 valence electrons. The maximum Gasteiger partial charge on any atom is 0.305 e. The number of hydrogen-bond donors (Lipinski definition) is 2. The molecule has 1 aliphatic rings. The minimum absolute atomic E-state index is 0.0738. The van der Waals surface area contributed by atoms with Gasteiger partial charge in [0.1, 0.15) is 11.6 Å². The molecule has 3 aromatic rings. The highest BCUT2D eigenvalue weighted by Crippen LogP contribution is 2.30. The van der Waals surface area contributed by atoms with Crippen LogP contribution in [0.2, 0.25) is 0 Å². The maximum absolute atomic E-state index is 13.6. The van der Waals surface area contributed by atoms with Gasteiger partial charge in [-0.2, -0.15) is 0 Å². The highest BCUT2D eigenvalue weighted by Gasteiger charge is 2.27. The molecule has 2 N–H and O–H groups in total. The molecule has 8 heteroatoms. The van der Waals surface area contributed by atoms with Crippen molar-refractivity contribution in [3.63, 3.8) is 0 Å². The van der Waals surface area contributed by atoms with Gasteiger partial charge in [0.2, 0.25) is 5.43 Å². The maximum atomic E-state index is 13.6. The number of nitrogens with zero attached hydrogens (tertiary/aromatic N) is 2. The molecule has 39 heavy (non-hydrogen) atoms. The zero-order chi connectivity index (χ0) is 27.9. The summed E-state index contributed by atoms with van der Waals surface area (Å²) in [5, 5.41) is 12.0. The van der Waals surface area contributed by atoms with Crippen molar-refractivity contribution in [3.05, 3.63) is 111 Å². The zero-order valence-electron chi connectivity index (χ0n) is 22.4. The van der Waals surface area contributed by atoms with Crippen molar-refractivity contribution >= 4 is 11.7 Å². The molecule has 0 radical (unpaired) electrons. The molecule has 0 aromatic heterocycles. The smallest absolute Gasteiger partial charge is 0.305 e. The highest BCUT2D eigenvalue weighted by atomic mass is 19.1. The number of piperazine rings is 1. The van der Waals surface area contributed by atoms with Crippen molar-refractivity contribution in [1.82, 2.24) is 9.80 Å². The predicted molar refractivity (Wildman–Crippen MR) is 149 cm³/mol. The van der Waals surface area contributed by atoms with Crippen LogP contribution in [0.4, 0.5) is 14.5 Å². The van der Waals surface area contributed by atoms with E-state index < -0.39 is 5.97 Å². The van der Waals surface area contributed by atoms with Crippen LogP contribution < -0.4 is 10.7 Å². The number of carboxylic acids is 1. The van der Waals surface area contributed by atoms with E-state index in [0.717, 1.165) is 29.8 Å². The summed E-state index contributed by atoms with van der Waals surface area (Å²) in [4.78, 5) is 28.9. The van der Waals surface area contributed by atoms with Gasteiger partial charge in [0.15, 0.2) is 0 Å². The Kier molecular flexibility index (Phi) is 9.43. The van der Waals surface area contributed by atoms with E-state index in [4.69, 9.17) is 5.11 Å². The first-order valence-electron chi connectivity index (χ1n) is 13.3. The van der Waals surface area contributed by atoms with Crippen molar-refractivity contribution in [2.24, 2.45) is 0 Å². The van der Waals surface area contributed by atoms with E-state index in [-0.39, 0.29) is 42.0 Å². The number of benzene rings is 2. The monoisotopic (exact) mass is 535 g/mol. The summed E-state index contributed by atoms with van der Waals surface area (Å²) in [7, 11) is 0. The molecule has 3 aromatic carbocycles. The summed E-state index contributed by atoms with van der Waals surface area (Å²) >= 11 is 0. The molecule has 0 spiro atoms. The average Bonchev–Trinajstić information content (AvgIpc) is 3.06. The molecule has 1 saturated heterocycles. The summed E-state index contributed by atoms with van der Waals surface area (Å²) in [5.74, 6) is -1.31. The van der Waals surface area contributed by atoms with Crippen LogP contribution >= 0.6 is 0 Å². The Morgan fingerprint density at radius 2 is 1.41 bits per heavy atom. The molecule has 0 amide bonds.